The van der Waals surface area contributed by atoms with Crippen molar-refractivity contribution in [3.8, 4) is 0 Å². The lowest BCUT2D eigenvalue weighted by Crippen LogP contribution is -2.56. The van der Waals surface area contributed by atoms with Crippen molar-refractivity contribution < 1.29 is 0 Å². The first-order valence-corrected chi connectivity index (χ1v) is 9.32. The molecule has 0 bridgehead atoms. The SMILES string of the molecule is CCNC1CCC(C(C)(C)C)CC1N(CC1CC1)C(C)C. The van der Waals surface area contributed by atoms with E-state index in [1.807, 2.05) is 0 Å². The van der Waals surface area contributed by atoms with Gasteiger partial charge in [-0.1, -0.05) is 27.7 Å². The van der Waals surface area contributed by atoms with E-state index in [9.17, 15) is 0 Å². The summed E-state index contributed by atoms with van der Waals surface area (Å²) in [6, 6.07) is 2.12. The zero-order valence-electron chi connectivity index (χ0n) is 15.3. The molecule has 2 nitrogen and oxygen atoms in total. The van der Waals surface area contributed by atoms with E-state index in [-0.39, 0.29) is 0 Å². The zero-order valence-corrected chi connectivity index (χ0v) is 15.3. The molecule has 0 saturated heterocycles. The molecular formula is C19H38N2. The second-order valence-corrected chi connectivity index (χ2v) is 8.84. The standard InChI is InChI=1S/C19H38N2/c1-7-20-17-11-10-16(19(4,5)6)12-18(17)21(14(2)3)13-15-8-9-15/h14-18,20H,7-13H2,1-6H3. The fourth-order valence-corrected chi connectivity index (χ4v) is 4.13. The van der Waals surface area contributed by atoms with Crippen LogP contribution in [0, 0.1) is 17.3 Å². The monoisotopic (exact) mass is 294 g/mol. The lowest BCUT2D eigenvalue weighted by Gasteiger charge is -2.48. The Morgan fingerprint density at radius 3 is 2.24 bits per heavy atom. The van der Waals surface area contributed by atoms with Gasteiger partial charge in [0, 0.05) is 24.7 Å². The molecule has 21 heavy (non-hydrogen) atoms. The van der Waals surface area contributed by atoms with Crippen molar-refractivity contribution in [2.45, 2.75) is 91.8 Å². The normalized spacial score (nSPS) is 31.1. The van der Waals surface area contributed by atoms with Gasteiger partial charge >= 0.3 is 0 Å². The molecule has 2 fully saturated rings. The Labute approximate surface area is 133 Å². The minimum Gasteiger partial charge on any atom is -0.313 e. The van der Waals surface area contributed by atoms with Gasteiger partial charge in [0.05, 0.1) is 0 Å². The smallest absolute Gasteiger partial charge is 0.0254 e. The maximum Gasteiger partial charge on any atom is 0.0254 e. The van der Waals surface area contributed by atoms with Crippen molar-refractivity contribution in [2.24, 2.45) is 17.3 Å². The van der Waals surface area contributed by atoms with Gasteiger partial charge in [-0.15, -0.1) is 0 Å². The second-order valence-electron chi connectivity index (χ2n) is 8.84. The molecule has 0 heterocycles. The quantitative estimate of drug-likeness (QED) is 0.785. The van der Waals surface area contributed by atoms with Crippen molar-refractivity contribution in [1.29, 1.82) is 0 Å². The summed E-state index contributed by atoms with van der Waals surface area (Å²) in [5, 5.41) is 3.79. The van der Waals surface area contributed by atoms with Crippen LogP contribution in [0.25, 0.3) is 0 Å². The van der Waals surface area contributed by atoms with Crippen LogP contribution in [0.5, 0.6) is 0 Å². The molecule has 0 aromatic carbocycles. The fourth-order valence-electron chi connectivity index (χ4n) is 4.13. The highest BCUT2D eigenvalue weighted by atomic mass is 15.2. The van der Waals surface area contributed by atoms with Gasteiger partial charge in [-0.2, -0.15) is 0 Å². The Hall–Kier alpha value is -0.0800. The van der Waals surface area contributed by atoms with Gasteiger partial charge in [-0.05, 0) is 69.7 Å². The molecule has 0 aromatic heterocycles. The number of hydrogen-bond acceptors (Lipinski definition) is 2. The summed E-state index contributed by atoms with van der Waals surface area (Å²) < 4.78 is 0. The molecule has 0 amide bonds. The van der Waals surface area contributed by atoms with Gasteiger partial charge in [-0.25, -0.2) is 0 Å². The van der Waals surface area contributed by atoms with Crippen molar-refractivity contribution in [3.05, 3.63) is 0 Å². The number of likely N-dealkylation sites (N-methyl/N-ethyl adjacent to an activating group) is 1. The molecule has 0 aromatic rings. The molecule has 3 unspecified atom stereocenters. The van der Waals surface area contributed by atoms with E-state index in [0.29, 0.717) is 17.5 Å². The molecule has 2 rings (SSSR count). The Morgan fingerprint density at radius 1 is 1.10 bits per heavy atom. The van der Waals surface area contributed by atoms with E-state index in [4.69, 9.17) is 0 Å². The van der Waals surface area contributed by atoms with Crippen LogP contribution in [-0.4, -0.2) is 36.1 Å². The molecule has 3 atom stereocenters. The van der Waals surface area contributed by atoms with Crippen LogP contribution < -0.4 is 5.32 Å². The van der Waals surface area contributed by atoms with Crippen LogP contribution in [0.1, 0.15) is 73.6 Å². The average molecular weight is 295 g/mol. The summed E-state index contributed by atoms with van der Waals surface area (Å²) in [6.07, 6.45) is 7.06. The van der Waals surface area contributed by atoms with E-state index in [1.54, 1.807) is 0 Å². The van der Waals surface area contributed by atoms with Gasteiger partial charge < -0.3 is 5.32 Å². The predicted molar refractivity (Wildman–Crippen MR) is 92.6 cm³/mol. The molecule has 0 aliphatic heterocycles. The van der Waals surface area contributed by atoms with Crippen LogP contribution in [-0.2, 0) is 0 Å². The van der Waals surface area contributed by atoms with Crippen LogP contribution >= 0.6 is 0 Å². The van der Waals surface area contributed by atoms with Crippen LogP contribution in [0.3, 0.4) is 0 Å². The highest BCUT2D eigenvalue weighted by Gasteiger charge is 2.40. The highest BCUT2D eigenvalue weighted by Crippen LogP contribution is 2.41. The predicted octanol–water partition coefficient (Wildman–Crippen LogP) is 4.30. The summed E-state index contributed by atoms with van der Waals surface area (Å²) in [4.78, 5) is 2.84. The third kappa shape index (κ3) is 4.69. The Morgan fingerprint density at radius 2 is 1.76 bits per heavy atom. The van der Waals surface area contributed by atoms with Gasteiger partial charge in [0.25, 0.3) is 0 Å². The van der Waals surface area contributed by atoms with E-state index >= 15 is 0 Å². The molecule has 124 valence electrons. The lowest BCUT2D eigenvalue weighted by atomic mass is 9.69. The maximum absolute atomic E-state index is 3.79. The van der Waals surface area contributed by atoms with E-state index in [2.05, 4.69) is 51.8 Å². The van der Waals surface area contributed by atoms with Crippen LogP contribution in [0.2, 0.25) is 0 Å². The second kappa shape index (κ2) is 7.00. The summed E-state index contributed by atoms with van der Waals surface area (Å²) in [7, 11) is 0. The largest absolute Gasteiger partial charge is 0.313 e. The maximum atomic E-state index is 3.79. The number of nitrogens with one attached hydrogen (secondary N) is 1. The molecule has 2 heteroatoms. The summed E-state index contributed by atoms with van der Waals surface area (Å²) >= 11 is 0. The van der Waals surface area contributed by atoms with Gasteiger partial charge in [0.2, 0.25) is 0 Å². The third-order valence-electron chi connectivity index (χ3n) is 5.76. The van der Waals surface area contributed by atoms with Gasteiger partial charge in [0.1, 0.15) is 0 Å². The fraction of sp³-hybridized carbons (Fsp3) is 1.00. The number of hydrogen-bond donors (Lipinski definition) is 1. The van der Waals surface area contributed by atoms with Crippen molar-refractivity contribution in [2.75, 3.05) is 13.1 Å². The molecule has 1 N–H and O–H groups in total. The number of rotatable bonds is 6. The molecule has 2 aliphatic rings. The molecule has 2 saturated carbocycles. The van der Waals surface area contributed by atoms with Crippen molar-refractivity contribution in [3.63, 3.8) is 0 Å². The topological polar surface area (TPSA) is 15.3 Å². The minimum atomic E-state index is 0.456. The molecular weight excluding hydrogens is 256 g/mol. The Balaban J connectivity index is 2.10. The van der Waals surface area contributed by atoms with E-state index in [0.717, 1.165) is 24.4 Å². The van der Waals surface area contributed by atoms with E-state index < -0.39 is 0 Å². The first-order valence-electron chi connectivity index (χ1n) is 9.32. The van der Waals surface area contributed by atoms with E-state index in [1.165, 1.54) is 38.6 Å². The molecule has 2 aliphatic carbocycles. The van der Waals surface area contributed by atoms with Crippen LogP contribution in [0.15, 0.2) is 0 Å². The lowest BCUT2D eigenvalue weighted by molar-refractivity contribution is 0.0381. The zero-order chi connectivity index (χ0) is 15.6. The Bertz CT molecular complexity index is 314. The minimum absolute atomic E-state index is 0.456. The molecule has 0 spiro atoms. The summed E-state index contributed by atoms with van der Waals surface area (Å²) in [6.45, 7) is 16.8. The Kier molecular flexibility index (Phi) is 5.76. The van der Waals surface area contributed by atoms with Crippen molar-refractivity contribution >= 4 is 0 Å². The third-order valence-corrected chi connectivity index (χ3v) is 5.76. The number of nitrogens with zero attached hydrogens (tertiary/aromatic N) is 1. The summed E-state index contributed by atoms with van der Waals surface area (Å²) in [5.41, 5.74) is 0.456. The molecule has 0 radical (unpaired) electrons. The highest BCUT2D eigenvalue weighted by molar-refractivity contribution is 4.96. The van der Waals surface area contributed by atoms with Crippen LogP contribution in [0.4, 0.5) is 0 Å². The summed E-state index contributed by atoms with van der Waals surface area (Å²) in [5.74, 6) is 1.86. The first kappa shape index (κ1) is 17.3. The average Bonchev–Trinajstić information content (AvgIpc) is 3.19. The van der Waals surface area contributed by atoms with Gasteiger partial charge in [0.15, 0.2) is 0 Å². The first-order chi connectivity index (χ1) is 9.82. The van der Waals surface area contributed by atoms with Crippen molar-refractivity contribution in [1.82, 2.24) is 10.2 Å². The van der Waals surface area contributed by atoms with Gasteiger partial charge in [-0.3, -0.25) is 4.90 Å².